The molecule has 2 aliphatic rings. The van der Waals surface area contributed by atoms with Gasteiger partial charge in [-0.3, -0.25) is 4.79 Å². The van der Waals surface area contributed by atoms with Crippen molar-refractivity contribution in [3.63, 3.8) is 0 Å². The molecule has 1 fully saturated rings. The van der Waals surface area contributed by atoms with Gasteiger partial charge in [-0.1, -0.05) is 0 Å². The fraction of sp³-hybridized carbons (Fsp3) is 0.250. The summed E-state index contributed by atoms with van der Waals surface area (Å²) in [5, 5.41) is 19.1. The van der Waals surface area contributed by atoms with Gasteiger partial charge >= 0.3 is 5.97 Å². The van der Waals surface area contributed by atoms with E-state index in [0.717, 1.165) is 17.5 Å². The molecule has 2 atom stereocenters. The Morgan fingerprint density at radius 1 is 1.36 bits per heavy atom. The number of methoxy groups -OCH3 is 1. The van der Waals surface area contributed by atoms with E-state index in [1.54, 1.807) is 12.1 Å². The van der Waals surface area contributed by atoms with Gasteiger partial charge in [0.05, 0.1) is 12.8 Å². The molecule has 0 saturated heterocycles. The molecule has 1 aliphatic heterocycles. The minimum Gasteiger partial charge on any atom is -0.504 e. The third kappa shape index (κ3) is 1.60. The molecule has 0 radical (unpaired) electrons. The molecule has 1 aromatic carbocycles. The Kier molecular flexibility index (Phi) is 2.43. The molecule has 112 valence electrons. The van der Waals surface area contributed by atoms with Crippen molar-refractivity contribution >= 4 is 5.97 Å². The summed E-state index contributed by atoms with van der Waals surface area (Å²) in [5.41, 5.74) is 1.72. The molecule has 2 unspecified atom stereocenters. The van der Waals surface area contributed by atoms with Crippen LogP contribution in [0.5, 0.6) is 11.5 Å². The molecular weight excluding hydrogens is 286 g/mol. The van der Waals surface area contributed by atoms with E-state index in [9.17, 15) is 14.7 Å². The second-order valence-electron chi connectivity index (χ2n) is 5.67. The molecule has 1 aliphatic carbocycles. The van der Waals surface area contributed by atoms with Gasteiger partial charge in [-0.2, -0.15) is 0 Å². The quantitative estimate of drug-likeness (QED) is 0.885. The van der Waals surface area contributed by atoms with E-state index < -0.39 is 11.4 Å². The van der Waals surface area contributed by atoms with Crippen LogP contribution in [0.4, 0.5) is 0 Å². The number of nitrogens with zero attached hydrogens (tertiary/aromatic N) is 1. The van der Waals surface area contributed by atoms with Crippen LogP contribution in [-0.4, -0.2) is 27.9 Å². The fourth-order valence-electron chi connectivity index (χ4n) is 3.30. The molecule has 2 N–H and O–H groups in total. The normalized spacial score (nSPS) is 20.6. The van der Waals surface area contributed by atoms with Crippen LogP contribution in [-0.2, 0) is 0 Å². The standard InChI is InChI=1S/C16H13NO5/c1-22-15-4-9-7(3-14(15)19)8-2-11(8)17-6-10(16(20)21)13(18)5-12(9)17/h3-6,8,11,19H,2H2,1H3,(H,20,21). The number of aromatic nitrogens is 1. The first-order valence-corrected chi connectivity index (χ1v) is 6.92. The summed E-state index contributed by atoms with van der Waals surface area (Å²) in [7, 11) is 1.46. The Hall–Kier alpha value is -2.76. The number of phenols is 1. The monoisotopic (exact) mass is 299 g/mol. The number of phenolic OH excluding ortho intramolecular Hbond substituents is 1. The number of pyridine rings is 1. The van der Waals surface area contributed by atoms with Crippen molar-refractivity contribution in [1.29, 1.82) is 0 Å². The minimum atomic E-state index is -1.22. The first-order chi connectivity index (χ1) is 10.5. The highest BCUT2D eigenvalue weighted by molar-refractivity contribution is 5.88. The number of aromatic hydroxyl groups is 1. The van der Waals surface area contributed by atoms with E-state index in [4.69, 9.17) is 9.84 Å². The van der Waals surface area contributed by atoms with Crippen molar-refractivity contribution in [2.24, 2.45) is 0 Å². The lowest BCUT2D eigenvalue weighted by molar-refractivity contribution is 0.0694. The smallest absolute Gasteiger partial charge is 0.341 e. The molecule has 2 heterocycles. The molecule has 1 aromatic heterocycles. The zero-order chi connectivity index (χ0) is 15.6. The maximum atomic E-state index is 12.0. The van der Waals surface area contributed by atoms with Gasteiger partial charge < -0.3 is 19.5 Å². The van der Waals surface area contributed by atoms with Crippen molar-refractivity contribution < 1.29 is 19.7 Å². The fourth-order valence-corrected chi connectivity index (χ4v) is 3.30. The molecule has 6 heteroatoms. The van der Waals surface area contributed by atoms with E-state index in [2.05, 4.69) is 0 Å². The van der Waals surface area contributed by atoms with Gasteiger partial charge in [0.2, 0.25) is 0 Å². The Labute approximate surface area is 125 Å². The minimum absolute atomic E-state index is 0.0739. The predicted molar refractivity (Wildman–Crippen MR) is 77.7 cm³/mol. The molecular formula is C16H13NO5. The summed E-state index contributed by atoms with van der Waals surface area (Å²) in [5.74, 6) is -0.570. The Morgan fingerprint density at radius 2 is 2.14 bits per heavy atom. The van der Waals surface area contributed by atoms with Crippen molar-refractivity contribution in [2.75, 3.05) is 7.11 Å². The van der Waals surface area contributed by atoms with Crippen molar-refractivity contribution in [3.8, 4) is 22.8 Å². The molecule has 0 bridgehead atoms. The SMILES string of the molecule is COc1cc2c(cc1O)C1CC1n1cc(C(=O)O)c(=O)cc1-2. The molecule has 22 heavy (non-hydrogen) atoms. The van der Waals surface area contributed by atoms with E-state index >= 15 is 0 Å². The highest BCUT2D eigenvalue weighted by Crippen LogP contribution is 2.59. The molecule has 4 rings (SSSR count). The van der Waals surface area contributed by atoms with E-state index in [-0.39, 0.29) is 23.3 Å². The predicted octanol–water partition coefficient (Wildman–Crippen LogP) is 1.97. The van der Waals surface area contributed by atoms with Crippen molar-refractivity contribution in [2.45, 2.75) is 18.4 Å². The van der Waals surface area contributed by atoms with Gasteiger partial charge in [-0.15, -0.1) is 0 Å². The molecule has 0 amide bonds. The number of carboxylic acid groups (broad SMARTS) is 1. The van der Waals surface area contributed by atoms with Gasteiger partial charge in [0.25, 0.3) is 0 Å². The Balaban J connectivity index is 2.01. The van der Waals surface area contributed by atoms with E-state index in [1.165, 1.54) is 19.4 Å². The number of hydrogen-bond donors (Lipinski definition) is 2. The highest BCUT2D eigenvalue weighted by Gasteiger charge is 2.46. The number of benzene rings is 1. The van der Waals surface area contributed by atoms with Crippen LogP contribution in [0.25, 0.3) is 11.3 Å². The lowest BCUT2D eigenvalue weighted by Gasteiger charge is -2.23. The van der Waals surface area contributed by atoms with Gasteiger partial charge in [0, 0.05) is 29.8 Å². The lowest BCUT2D eigenvalue weighted by Crippen LogP contribution is -2.20. The number of aromatic carboxylic acids is 1. The summed E-state index contributed by atoms with van der Waals surface area (Å²) in [4.78, 5) is 23.2. The molecule has 6 nitrogen and oxygen atoms in total. The summed E-state index contributed by atoms with van der Waals surface area (Å²) in [6, 6.07) is 4.88. The van der Waals surface area contributed by atoms with Gasteiger partial charge in [0.15, 0.2) is 16.9 Å². The zero-order valence-electron chi connectivity index (χ0n) is 11.7. The summed E-state index contributed by atoms with van der Waals surface area (Å²) < 4.78 is 6.99. The second kappa shape index (κ2) is 4.13. The third-order valence-corrected chi connectivity index (χ3v) is 4.45. The van der Waals surface area contributed by atoms with Gasteiger partial charge in [-0.05, 0) is 24.1 Å². The van der Waals surface area contributed by atoms with Crippen LogP contribution >= 0.6 is 0 Å². The Bertz CT molecular complexity index is 883. The maximum absolute atomic E-state index is 12.0. The third-order valence-electron chi connectivity index (χ3n) is 4.45. The van der Waals surface area contributed by atoms with Crippen LogP contribution in [0.3, 0.4) is 0 Å². The van der Waals surface area contributed by atoms with Crippen molar-refractivity contribution in [1.82, 2.24) is 4.57 Å². The van der Waals surface area contributed by atoms with E-state index in [1.807, 2.05) is 4.57 Å². The largest absolute Gasteiger partial charge is 0.504 e. The molecule has 0 spiro atoms. The topological polar surface area (TPSA) is 88.8 Å². The number of rotatable bonds is 2. The second-order valence-corrected chi connectivity index (χ2v) is 5.67. The summed E-state index contributed by atoms with van der Waals surface area (Å²) >= 11 is 0. The number of hydrogen-bond acceptors (Lipinski definition) is 4. The van der Waals surface area contributed by atoms with Gasteiger partial charge in [-0.25, -0.2) is 4.79 Å². The van der Waals surface area contributed by atoms with Crippen LogP contribution in [0.2, 0.25) is 0 Å². The number of ether oxygens (including phenoxy) is 1. The molecule has 2 aromatic rings. The highest BCUT2D eigenvalue weighted by atomic mass is 16.5. The maximum Gasteiger partial charge on any atom is 0.341 e. The average Bonchev–Trinajstić information content (AvgIpc) is 3.26. The van der Waals surface area contributed by atoms with Crippen LogP contribution in [0.1, 0.15) is 34.3 Å². The first kappa shape index (κ1) is 12.9. The van der Waals surface area contributed by atoms with Crippen LogP contribution in [0.15, 0.2) is 29.2 Å². The van der Waals surface area contributed by atoms with Gasteiger partial charge in [0.1, 0.15) is 5.56 Å². The molecule has 1 saturated carbocycles. The Morgan fingerprint density at radius 3 is 2.82 bits per heavy atom. The summed E-state index contributed by atoms with van der Waals surface area (Å²) in [6.45, 7) is 0. The number of carboxylic acids is 1. The van der Waals surface area contributed by atoms with Crippen LogP contribution in [0, 0.1) is 0 Å². The van der Waals surface area contributed by atoms with E-state index in [0.29, 0.717) is 11.4 Å². The van der Waals surface area contributed by atoms with Crippen LogP contribution < -0.4 is 10.2 Å². The lowest BCUT2D eigenvalue weighted by atomic mass is 9.95. The summed E-state index contributed by atoms with van der Waals surface area (Å²) in [6.07, 6.45) is 2.29. The first-order valence-electron chi connectivity index (χ1n) is 6.92. The van der Waals surface area contributed by atoms with Crippen molar-refractivity contribution in [3.05, 3.63) is 45.7 Å². The number of carbonyl (C=O) groups is 1. The average molecular weight is 299 g/mol. The zero-order valence-corrected chi connectivity index (χ0v) is 11.7. The number of fused-ring (bicyclic) bond motifs is 6.